The Labute approximate surface area is 204 Å². The van der Waals surface area contributed by atoms with Gasteiger partial charge in [-0.15, -0.1) is 16.8 Å². The smallest absolute Gasteiger partial charge is 0.269 e. The second kappa shape index (κ2) is 11.4. The minimum absolute atomic E-state index is 0.0394. The summed E-state index contributed by atoms with van der Waals surface area (Å²) in [5.74, 6) is -0.110. The number of nitrogens with one attached hydrogen (secondary N) is 2. The molecule has 34 heavy (non-hydrogen) atoms. The molecule has 0 saturated heterocycles. The van der Waals surface area contributed by atoms with Crippen molar-refractivity contribution in [1.82, 2.24) is 20.1 Å². The third kappa shape index (κ3) is 6.21. The first-order chi connectivity index (χ1) is 16.3. The lowest BCUT2D eigenvalue weighted by atomic mass is 10.2. The molecule has 0 fully saturated rings. The van der Waals surface area contributed by atoms with Gasteiger partial charge >= 0.3 is 0 Å². The lowest BCUT2D eigenvalue weighted by Gasteiger charge is -2.10. The number of thioether (sulfide) groups is 1. The largest absolute Gasteiger partial charge is 0.345 e. The number of nitro groups is 1. The molecule has 0 aliphatic rings. The van der Waals surface area contributed by atoms with Gasteiger partial charge in [-0.2, -0.15) is 0 Å². The number of carbonyl (C=O) groups is 2. The van der Waals surface area contributed by atoms with Crippen molar-refractivity contribution >= 4 is 46.6 Å². The van der Waals surface area contributed by atoms with Crippen LogP contribution >= 0.6 is 23.4 Å². The van der Waals surface area contributed by atoms with Crippen molar-refractivity contribution in [2.24, 2.45) is 0 Å². The topological polar surface area (TPSA) is 132 Å². The van der Waals surface area contributed by atoms with Gasteiger partial charge in [0.25, 0.3) is 11.6 Å². The summed E-state index contributed by atoms with van der Waals surface area (Å²) < 4.78 is 1.74. The first kappa shape index (κ1) is 24.9. The number of benzene rings is 2. The molecule has 1 aromatic heterocycles. The van der Waals surface area contributed by atoms with E-state index in [0.29, 0.717) is 39.4 Å². The Bertz CT molecular complexity index is 1250. The van der Waals surface area contributed by atoms with Gasteiger partial charge < -0.3 is 15.2 Å². The quantitative estimate of drug-likeness (QED) is 0.186. The van der Waals surface area contributed by atoms with E-state index in [0.717, 1.165) is 0 Å². The lowest BCUT2D eigenvalue weighted by Crippen LogP contribution is -2.25. The first-order valence-electron chi connectivity index (χ1n) is 10.0. The zero-order valence-corrected chi connectivity index (χ0v) is 19.7. The highest BCUT2D eigenvalue weighted by Gasteiger charge is 2.16. The fourth-order valence-electron chi connectivity index (χ4n) is 2.99. The number of halogens is 1. The average molecular weight is 501 g/mol. The predicted molar refractivity (Wildman–Crippen MR) is 130 cm³/mol. The number of hydrogen-bond donors (Lipinski definition) is 2. The van der Waals surface area contributed by atoms with Crippen LogP contribution in [-0.4, -0.2) is 37.3 Å². The maximum Gasteiger partial charge on any atom is 0.269 e. The maximum atomic E-state index is 12.4. The third-order valence-electron chi connectivity index (χ3n) is 4.66. The minimum Gasteiger partial charge on any atom is -0.345 e. The molecule has 3 rings (SSSR count). The van der Waals surface area contributed by atoms with Gasteiger partial charge in [-0.05, 0) is 30.7 Å². The van der Waals surface area contributed by atoms with Crippen LogP contribution in [0.2, 0.25) is 5.02 Å². The SMILES string of the molecule is C=CCn1c(CNC(=O)c2ccccc2Cl)nnc1SCC(=O)Nc1ccc([N+](=O)[O-])cc1C. The summed E-state index contributed by atoms with van der Waals surface area (Å²) in [6.07, 6.45) is 1.66. The van der Waals surface area contributed by atoms with Crippen LogP contribution in [0.1, 0.15) is 21.7 Å². The van der Waals surface area contributed by atoms with Gasteiger partial charge in [-0.3, -0.25) is 19.7 Å². The van der Waals surface area contributed by atoms with Crippen molar-refractivity contribution in [3.05, 3.63) is 87.2 Å². The molecule has 176 valence electrons. The predicted octanol–water partition coefficient (Wildman–Crippen LogP) is 3.99. The molecule has 0 spiro atoms. The van der Waals surface area contributed by atoms with Crippen LogP contribution < -0.4 is 10.6 Å². The molecule has 2 N–H and O–H groups in total. The number of non-ortho nitro benzene ring substituents is 1. The fraction of sp³-hybridized carbons (Fsp3) is 0.182. The summed E-state index contributed by atoms with van der Waals surface area (Å²) in [5.41, 5.74) is 1.38. The Morgan fingerprint density at radius 3 is 2.71 bits per heavy atom. The van der Waals surface area contributed by atoms with Gasteiger partial charge in [-0.1, -0.05) is 41.6 Å². The Kier molecular flexibility index (Phi) is 8.39. The van der Waals surface area contributed by atoms with Crippen LogP contribution in [0.3, 0.4) is 0 Å². The van der Waals surface area contributed by atoms with E-state index >= 15 is 0 Å². The Morgan fingerprint density at radius 1 is 1.26 bits per heavy atom. The fourth-order valence-corrected chi connectivity index (χ4v) is 3.98. The summed E-state index contributed by atoms with van der Waals surface area (Å²) in [5, 5.41) is 25.5. The number of hydrogen-bond acceptors (Lipinski definition) is 7. The summed E-state index contributed by atoms with van der Waals surface area (Å²) in [6, 6.07) is 10.9. The maximum absolute atomic E-state index is 12.4. The molecule has 0 saturated carbocycles. The summed E-state index contributed by atoms with van der Waals surface area (Å²) in [7, 11) is 0. The van der Waals surface area contributed by atoms with Gasteiger partial charge in [-0.25, -0.2) is 0 Å². The lowest BCUT2D eigenvalue weighted by molar-refractivity contribution is -0.384. The van der Waals surface area contributed by atoms with Gasteiger partial charge in [0.2, 0.25) is 5.91 Å². The molecule has 0 radical (unpaired) electrons. The highest BCUT2D eigenvalue weighted by Crippen LogP contribution is 2.23. The second-order valence-electron chi connectivity index (χ2n) is 7.05. The van der Waals surface area contributed by atoms with Gasteiger partial charge in [0, 0.05) is 24.4 Å². The van der Waals surface area contributed by atoms with Crippen molar-refractivity contribution in [1.29, 1.82) is 0 Å². The third-order valence-corrected chi connectivity index (χ3v) is 5.95. The Balaban J connectivity index is 1.62. The molecule has 0 unspecified atom stereocenters. The number of rotatable bonds is 10. The number of allylic oxidation sites excluding steroid dienone is 1. The molecule has 0 aliphatic carbocycles. The highest BCUT2D eigenvalue weighted by atomic mass is 35.5. The molecular formula is C22H21ClN6O4S. The van der Waals surface area contributed by atoms with Crippen molar-refractivity contribution in [3.8, 4) is 0 Å². The van der Waals surface area contributed by atoms with E-state index in [1.54, 1.807) is 41.8 Å². The van der Waals surface area contributed by atoms with Crippen LogP contribution in [0, 0.1) is 17.0 Å². The number of anilines is 1. The number of nitrogens with zero attached hydrogens (tertiary/aromatic N) is 4. The number of carbonyl (C=O) groups excluding carboxylic acids is 2. The van der Waals surface area contributed by atoms with Crippen LogP contribution in [0.15, 0.2) is 60.3 Å². The normalized spacial score (nSPS) is 10.5. The van der Waals surface area contributed by atoms with Gasteiger partial charge in [0.1, 0.15) is 0 Å². The summed E-state index contributed by atoms with van der Waals surface area (Å²) in [6.45, 7) is 5.91. The molecule has 1 heterocycles. The van der Waals surface area contributed by atoms with Crippen molar-refractivity contribution in [2.45, 2.75) is 25.2 Å². The van der Waals surface area contributed by atoms with E-state index in [1.807, 2.05) is 0 Å². The zero-order valence-electron chi connectivity index (χ0n) is 18.2. The summed E-state index contributed by atoms with van der Waals surface area (Å²) in [4.78, 5) is 35.2. The molecule has 0 atom stereocenters. The molecule has 2 amide bonds. The number of aryl methyl sites for hydroxylation is 1. The van der Waals surface area contributed by atoms with E-state index in [2.05, 4.69) is 27.4 Å². The molecule has 3 aromatic rings. The van der Waals surface area contributed by atoms with E-state index in [1.165, 1.54) is 30.0 Å². The van der Waals surface area contributed by atoms with Crippen molar-refractivity contribution < 1.29 is 14.5 Å². The number of nitro benzene ring substituents is 1. The molecule has 0 bridgehead atoms. The first-order valence-corrected chi connectivity index (χ1v) is 11.4. The number of aromatic nitrogens is 3. The van der Waals surface area contributed by atoms with Crippen LogP contribution in [0.4, 0.5) is 11.4 Å². The zero-order chi connectivity index (χ0) is 24.7. The standard InChI is InChI=1S/C22H21ClN6O4S/c1-3-10-28-19(12-24-21(31)16-6-4-5-7-17(16)23)26-27-22(28)34-13-20(30)25-18-9-8-15(29(32)33)11-14(18)2/h3-9,11H,1,10,12-13H2,2H3,(H,24,31)(H,25,30). The molecule has 12 heteroatoms. The van der Waals surface area contributed by atoms with E-state index in [-0.39, 0.29) is 29.8 Å². The van der Waals surface area contributed by atoms with E-state index in [4.69, 9.17) is 11.6 Å². The molecule has 0 aliphatic heterocycles. The highest BCUT2D eigenvalue weighted by molar-refractivity contribution is 7.99. The molecular weight excluding hydrogens is 480 g/mol. The minimum atomic E-state index is -0.491. The van der Waals surface area contributed by atoms with Crippen LogP contribution in [-0.2, 0) is 17.9 Å². The number of amides is 2. The molecule has 2 aromatic carbocycles. The second-order valence-corrected chi connectivity index (χ2v) is 8.40. The van der Waals surface area contributed by atoms with E-state index in [9.17, 15) is 19.7 Å². The van der Waals surface area contributed by atoms with Crippen molar-refractivity contribution in [2.75, 3.05) is 11.1 Å². The van der Waals surface area contributed by atoms with Crippen LogP contribution in [0.25, 0.3) is 0 Å². The Hall–Kier alpha value is -3.70. The monoisotopic (exact) mass is 500 g/mol. The van der Waals surface area contributed by atoms with Gasteiger partial charge in [0.05, 0.1) is 27.8 Å². The van der Waals surface area contributed by atoms with Crippen molar-refractivity contribution in [3.63, 3.8) is 0 Å². The summed E-state index contributed by atoms with van der Waals surface area (Å²) >= 11 is 7.24. The molecule has 10 nitrogen and oxygen atoms in total. The average Bonchev–Trinajstić information content (AvgIpc) is 3.19. The van der Waals surface area contributed by atoms with E-state index < -0.39 is 4.92 Å². The Morgan fingerprint density at radius 2 is 2.03 bits per heavy atom. The van der Waals surface area contributed by atoms with Crippen LogP contribution in [0.5, 0.6) is 0 Å². The van der Waals surface area contributed by atoms with Gasteiger partial charge in [0.15, 0.2) is 11.0 Å².